The highest BCUT2D eigenvalue weighted by Gasteiger charge is 2.24. The summed E-state index contributed by atoms with van der Waals surface area (Å²) in [4.78, 5) is 10.9. The molecule has 0 radical (unpaired) electrons. The van der Waals surface area contributed by atoms with Crippen LogP contribution in [0.15, 0.2) is 66.3 Å². The second kappa shape index (κ2) is 6.72. The first-order chi connectivity index (χ1) is 12.3. The molecule has 0 aliphatic carbocycles. The topological polar surface area (TPSA) is 65.6 Å². The molecule has 7 nitrogen and oxygen atoms in total. The van der Waals surface area contributed by atoms with Crippen molar-refractivity contribution in [3.63, 3.8) is 0 Å². The van der Waals surface area contributed by atoms with Crippen LogP contribution >= 0.6 is 0 Å². The lowest BCUT2D eigenvalue weighted by molar-refractivity contribution is 0.270. The van der Waals surface area contributed by atoms with E-state index >= 15 is 0 Å². The van der Waals surface area contributed by atoms with E-state index in [-0.39, 0.29) is 0 Å². The van der Waals surface area contributed by atoms with E-state index in [1.807, 2.05) is 43.4 Å². The Morgan fingerprint density at radius 2 is 2.08 bits per heavy atom. The summed E-state index contributed by atoms with van der Waals surface area (Å²) in [5, 5.41) is 5.16. The normalized spacial score (nSPS) is 15.9. The van der Waals surface area contributed by atoms with Crippen molar-refractivity contribution >= 4 is 11.8 Å². The van der Waals surface area contributed by atoms with Gasteiger partial charge in [0.2, 0.25) is 5.95 Å². The van der Waals surface area contributed by atoms with Gasteiger partial charge in [-0.1, -0.05) is 18.2 Å². The van der Waals surface area contributed by atoms with E-state index in [1.165, 1.54) is 0 Å². The van der Waals surface area contributed by atoms with Gasteiger partial charge in [-0.2, -0.15) is 4.98 Å². The van der Waals surface area contributed by atoms with Gasteiger partial charge in [-0.05, 0) is 24.3 Å². The Hall–Kier alpha value is -3.22. The molecule has 3 heterocycles. The van der Waals surface area contributed by atoms with Crippen molar-refractivity contribution in [2.75, 3.05) is 37.0 Å². The van der Waals surface area contributed by atoms with E-state index in [4.69, 9.17) is 4.74 Å². The molecule has 7 heteroatoms. The van der Waals surface area contributed by atoms with Crippen LogP contribution in [0.5, 0.6) is 5.75 Å². The fraction of sp³-hybridized carbons (Fsp3) is 0.222. The van der Waals surface area contributed by atoms with Crippen LogP contribution in [0.25, 0.3) is 0 Å². The largest absolute Gasteiger partial charge is 0.487 e. The number of ether oxygens (including phenoxy) is 1. The van der Waals surface area contributed by atoms with Gasteiger partial charge in [0.15, 0.2) is 0 Å². The zero-order valence-corrected chi connectivity index (χ0v) is 14.0. The van der Waals surface area contributed by atoms with Gasteiger partial charge in [-0.15, -0.1) is 0 Å². The molecule has 2 aromatic rings. The maximum absolute atomic E-state index is 5.81. The molecule has 0 bridgehead atoms. The predicted molar refractivity (Wildman–Crippen MR) is 96.9 cm³/mol. The van der Waals surface area contributed by atoms with Gasteiger partial charge >= 0.3 is 0 Å². The zero-order chi connectivity index (χ0) is 17.1. The van der Waals surface area contributed by atoms with Gasteiger partial charge in [0, 0.05) is 26.0 Å². The Labute approximate surface area is 146 Å². The molecular formula is C18H20N6O. The summed E-state index contributed by atoms with van der Waals surface area (Å²) in [6.45, 7) is 2.15. The Kier molecular flexibility index (Phi) is 4.12. The van der Waals surface area contributed by atoms with Crippen LogP contribution in [0.2, 0.25) is 0 Å². The molecule has 2 aliphatic rings. The van der Waals surface area contributed by atoms with Crippen LogP contribution in [0, 0.1) is 0 Å². The molecule has 1 aromatic heterocycles. The van der Waals surface area contributed by atoms with E-state index in [0.29, 0.717) is 12.6 Å². The van der Waals surface area contributed by atoms with Gasteiger partial charge in [-0.25, -0.2) is 4.98 Å². The second-order valence-electron chi connectivity index (χ2n) is 5.77. The lowest BCUT2D eigenvalue weighted by atomic mass is 10.3. The van der Waals surface area contributed by atoms with Crippen molar-refractivity contribution < 1.29 is 4.74 Å². The van der Waals surface area contributed by atoms with Crippen molar-refractivity contribution in [3.8, 4) is 5.75 Å². The average Bonchev–Trinajstić information content (AvgIpc) is 3.09. The maximum atomic E-state index is 5.81. The number of aromatic nitrogens is 2. The van der Waals surface area contributed by atoms with Crippen LogP contribution in [0.1, 0.15) is 0 Å². The minimum absolute atomic E-state index is 0.504. The van der Waals surface area contributed by atoms with Crippen LogP contribution in [0.3, 0.4) is 0 Å². The predicted octanol–water partition coefficient (Wildman–Crippen LogP) is 1.96. The van der Waals surface area contributed by atoms with E-state index in [1.54, 1.807) is 6.20 Å². The number of nitrogens with one attached hydrogen (secondary N) is 2. The zero-order valence-electron chi connectivity index (χ0n) is 14.0. The Morgan fingerprint density at radius 3 is 2.92 bits per heavy atom. The van der Waals surface area contributed by atoms with Crippen molar-refractivity contribution in [1.29, 1.82) is 0 Å². The average molecular weight is 336 g/mol. The highest BCUT2D eigenvalue weighted by Crippen LogP contribution is 2.23. The SMILES string of the molecule is CNc1ccnc(N2C=C3C=C(COc4ccccc4)NN3CC2)n1. The van der Waals surface area contributed by atoms with E-state index < -0.39 is 0 Å². The molecule has 0 saturated heterocycles. The molecule has 0 atom stereocenters. The molecule has 0 saturated carbocycles. The number of hydrogen-bond donors (Lipinski definition) is 2. The van der Waals surface area contributed by atoms with Gasteiger partial charge < -0.3 is 15.0 Å². The summed E-state index contributed by atoms with van der Waals surface area (Å²) in [6.07, 6.45) is 5.92. The summed E-state index contributed by atoms with van der Waals surface area (Å²) in [5.74, 6) is 2.37. The standard InChI is InChI=1S/C18H20N6O/c1-19-17-7-8-20-18(21-17)23-9-10-24-15(12-23)11-14(22-24)13-25-16-5-3-2-4-6-16/h2-8,11-12,22H,9-10,13H2,1H3,(H,19,20,21). The third-order valence-electron chi connectivity index (χ3n) is 4.06. The minimum atomic E-state index is 0.504. The molecule has 0 unspecified atom stereocenters. The molecule has 2 N–H and O–H groups in total. The maximum Gasteiger partial charge on any atom is 0.231 e. The first kappa shape index (κ1) is 15.3. The minimum Gasteiger partial charge on any atom is -0.487 e. The summed E-state index contributed by atoms with van der Waals surface area (Å²) in [5.41, 5.74) is 5.49. The van der Waals surface area contributed by atoms with E-state index in [2.05, 4.69) is 42.9 Å². The Morgan fingerprint density at radius 1 is 1.20 bits per heavy atom. The fourth-order valence-electron chi connectivity index (χ4n) is 2.79. The summed E-state index contributed by atoms with van der Waals surface area (Å²) in [6, 6.07) is 11.7. The molecule has 1 aromatic carbocycles. The molecule has 128 valence electrons. The second-order valence-corrected chi connectivity index (χ2v) is 5.77. The van der Waals surface area contributed by atoms with Gasteiger partial charge in [0.1, 0.15) is 18.2 Å². The number of para-hydroxylation sites is 1. The van der Waals surface area contributed by atoms with Crippen molar-refractivity contribution in [1.82, 2.24) is 20.4 Å². The Bertz CT molecular complexity index is 804. The lowest BCUT2D eigenvalue weighted by Gasteiger charge is -2.31. The lowest BCUT2D eigenvalue weighted by Crippen LogP contribution is -2.42. The van der Waals surface area contributed by atoms with Gasteiger partial charge in [0.05, 0.1) is 17.9 Å². The smallest absolute Gasteiger partial charge is 0.231 e. The third kappa shape index (κ3) is 3.35. The number of rotatable bonds is 5. The third-order valence-corrected chi connectivity index (χ3v) is 4.06. The summed E-state index contributed by atoms with van der Waals surface area (Å²) >= 11 is 0. The molecule has 0 spiro atoms. The van der Waals surface area contributed by atoms with Gasteiger partial charge in [0.25, 0.3) is 0 Å². The van der Waals surface area contributed by atoms with E-state index in [0.717, 1.165) is 36.1 Å². The molecule has 4 rings (SSSR count). The number of hydrogen-bond acceptors (Lipinski definition) is 7. The number of anilines is 2. The highest BCUT2D eigenvalue weighted by atomic mass is 16.5. The first-order valence-electron chi connectivity index (χ1n) is 8.24. The van der Waals surface area contributed by atoms with Crippen molar-refractivity contribution in [2.24, 2.45) is 0 Å². The van der Waals surface area contributed by atoms with E-state index in [9.17, 15) is 0 Å². The number of nitrogens with zero attached hydrogens (tertiary/aromatic N) is 4. The fourth-order valence-corrected chi connectivity index (χ4v) is 2.79. The quantitative estimate of drug-likeness (QED) is 0.865. The summed E-state index contributed by atoms with van der Waals surface area (Å²) in [7, 11) is 1.85. The molecule has 0 fully saturated rings. The van der Waals surface area contributed by atoms with Crippen molar-refractivity contribution in [2.45, 2.75) is 0 Å². The number of fused-ring (bicyclic) bond motifs is 1. The number of benzene rings is 1. The number of hydrazine groups is 1. The highest BCUT2D eigenvalue weighted by molar-refractivity contribution is 5.46. The van der Waals surface area contributed by atoms with Crippen LogP contribution in [0.4, 0.5) is 11.8 Å². The molecular weight excluding hydrogens is 316 g/mol. The van der Waals surface area contributed by atoms with Crippen LogP contribution in [-0.2, 0) is 0 Å². The monoisotopic (exact) mass is 336 g/mol. The van der Waals surface area contributed by atoms with Crippen LogP contribution in [-0.4, -0.2) is 41.7 Å². The molecule has 25 heavy (non-hydrogen) atoms. The Balaban J connectivity index is 1.46. The number of allylic oxidation sites excluding steroid dienone is 1. The summed E-state index contributed by atoms with van der Waals surface area (Å²) < 4.78 is 5.81. The molecule has 2 aliphatic heterocycles. The van der Waals surface area contributed by atoms with Crippen molar-refractivity contribution in [3.05, 3.63) is 66.3 Å². The van der Waals surface area contributed by atoms with Crippen LogP contribution < -0.4 is 20.4 Å². The first-order valence-corrected chi connectivity index (χ1v) is 8.24. The van der Waals surface area contributed by atoms with Gasteiger partial charge in [-0.3, -0.25) is 10.4 Å². The molecule has 0 amide bonds.